The summed E-state index contributed by atoms with van der Waals surface area (Å²) in [5.41, 5.74) is 2.92. The van der Waals surface area contributed by atoms with Crippen LogP contribution in [-0.2, 0) is 14.3 Å². The maximum Gasteiger partial charge on any atom is 0.315 e. The average molecular weight is 404 g/mol. The third kappa shape index (κ3) is 4.15. The van der Waals surface area contributed by atoms with Gasteiger partial charge in [-0.2, -0.15) is 4.98 Å². The monoisotopic (exact) mass is 403 g/mol. The molecule has 3 rings (SSSR count). The molecule has 0 saturated carbocycles. The molecule has 2 heterocycles. The largest absolute Gasteiger partial charge is 0.463 e. The van der Waals surface area contributed by atoms with E-state index in [9.17, 15) is 4.79 Å². The van der Waals surface area contributed by atoms with Crippen molar-refractivity contribution in [2.24, 2.45) is 10.9 Å². The second-order valence-electron chi connectivity index (χ2n) is 6.57. The SMILES string of the molecule is COCCOC(=O)C1C(C)=NC(C)=C(c2nc(C)no2)C1c1cccc(Cl)c1. The number of carbonyl (C=O) groups excluding carboxylic acids is 1. The smallest absolute Gasteiger partial charge is 0.315 e. The molecule has 1 aromatic heterocycles. The number of hydrogen-bond acceptors (Lipinski definition) is 7. The van der Waals surface area contributed by atoms with Gasteiger partial charge in [-0.1, -0.05) is 28.9 Å². The topological polar surface area (TPSA) is 86.8 Å². The quantitative estimate of drug-likeness (QED) is 0.538. The molecule has 2 unspecified atom stereocenters. The number of allylic oxidation sites excluding steroid dienone is 2. The van der Waals surface area contributed by atoms with Crippen molar-refractivity contribution in [2.75, 3.05) is 20.3 Å². The van der Waals surface area contributed by atoms with Crippen molar-refractivity contribution in [1.29, 1.82) is 0 Å². The third-order valence-corrected chi connectivity index (χ3v) is 4.81. The molecule has 2 atom stereocenters. The number of hydrogen-bond donors (Lipinski definition) is 0. The summed E-state index contributed by atoms with van der Waals surface area (Å²) in [6.07, 6.45) is 0. The third-order valence-electron chi connectivity index (χ3n) is 4.58. The summed E-state index contributed by atoms with van der Waals surface area (Å²) in [4.78, 5) is 21.9. The molecular formula is C20H22ClN3O4. The van der Waals surface area contributed by atoms with Crippen LogP contribution in [-0.4, -0.2) is 42.1 Å². The van der Waals surface area contributed by atoms with Gasteiger partial charge in [0.1, 0.15) is 12.5 Å². The van der Waals surface area contributed by atoms with Gasteiger partial charge in [0.15, 0.2) is 5.82 Å². The van der Waals surface area contributed by atoms with Crippen molar-refractivity contribution in [1.82, 2.24) is 10.1 Å². The lowest BCUT2D eigenvalue weighted by Crippen LogP contribution is -2.34. The number of ether oxygens (including phenoxy) is 2. The number of carbonyl (C=O) groups is 1. The van der Waals surface area contributed by atoms with E-state index in [1.807, 2.05) is 32.0 Å². The van der Waals surface area contributed by atoms with Crippen molar-refractivity contribution in [3.63, 3.8) is 0 Å². The number of rotatable bonds is 6. The second-order valence-corrected chi connectivity index (χ2v) is 7.01. The molecule has 0 fully saturated rings. The number of methoxy groups -OCH3 is 1. The van der Waals surface area contributed by atoms with Crippen molar-refractivity contribution in [3.05, 3.63) is 52.3 Å². The van der Waals surface area contributed by atoms with E-state index in [0.717, 1.165) is 5.56 Å². The first-order valence-corrected chi connectivity index (χ1v) is 9.27. The van der Waals surface area contributed by atoms with Crippen LogP contribution in [0.2, 0.25) is 5.02 Å². The van der Waals surface area contributed by atoms with Crippen LogP contribution >= 0.6 is 11.6 Å². The van der Waals surface area contributed by atoms with E-state index in [1.54, 1.807) is 20.1 Å². The molecule has 148 valence electrons. The van der Waals surface area contributed by atoms with Gasteiger partial charge in [-0.15, -0.1) is 0 Å². The predicted molar refractivity (Wildman–Crippen MR) is 105 cm³/mol. The molecule has 28 heavy (non-hydrogen) atoms. The summed E-state index contributed by atoms with van der Waals surface area (Å²) in [6.45, 7) is 5.91. The Hall–Kier alpha value is -2.51. The zero-order valence-corrected chi connectivity index (χ0v) is 17.0. The Balaban J connectivity index is 2.10. The Morgan fingerprint density at radius 1 is 1.25 bits per heavy atom. The fourth-order valence-corrected chi connectivity index (χ4v) is 3.60. The molecule has 1 aliphatic rings. The fourth-order valence-electron chi connectivity index (χ4n) is 3.40. The van der Waals surface area contributed by atoms with Gasteiger partial charge < -0.3 is 14.0 Å². The van der Waals surface area contributed by atoms with E-state index in [2.05, 4.69) is 15.1 Å². The molecule has 2 aromatic rings. The Bertz CT molecular complexity index is 935. The molecule has 1 aromatic carbocycles. The van der Waals surface area contributed by atoms with Gasteiger partial charge in [0.25, 0.3) is 5.89 Å². The minimum Gasteiger partial charge on any atom is -0.463 e. The van der Waals surface area contributed by atoms with Crippen molar-refractivity contribution in [2.45, 2.75) is 26.7 Å². The number of aromatic nitrogens is 2. The Morgan fingerprint density at radius 3 is 2.68 bits per heavy atom. The predicted octanol–water partition coefficient (Wildman–Crippen LogP) is 3.83. The minimum atomic E-state index is -0.638. The highest BCUT2D eigenvalue weighted by Gasteiger charge is 2.41. The average Bonchev–Trinajstić information content (AvgIpc) is 3.07. The van der Waals surface area contributed by atoms with Crippen molar-refractivity contribution < 1.29 is 18.8 Å². The van der Waals surface area contributed by atoms with E-state index in [-0.39, 0.29) is 12.6 Å². The zero-order chi connectivity index (χ0) is 20.3. The van der Waals surface area contributed by atoms with Crippen molar-refractivity contribution >= 4 is 28.9 Å². The second kappa shape index (κ2) is 8.67. The summed E-state index contributed by atoms with van der Waals surface area (Å²) in [7, 11) is 1.55. The molecule has 0 radical (unpaired) electrons. The summed E-state index contributed by atoms with van der Waals surface area (Å²) in [6, 6.07) is 7.38. The normalized spacial score (nSPS) is 19.5. The van der Waals surface area contributed by atoms with E-state index in [1.165, 1.54) is 0 Å². The first kappa shape index (κ1) is 20.2. The number of aryl methyl sites for hydroxylation is 1. The number of nitrogens with zero attached hydrogens (tertiary/aromatic N) is 3. The highest BCUT2D eigenvalue weighted by molar-refractivity contribution is 6.30. The van der Waals surface area contributed by atoms with Gasteiger partial charge in [-0.05, 0) is 38.5 Å². The molecule has 0 aliphatic carbocycles. The molecule has 0 bridgehead atoms. The van der Waals surface area contributed by atoms with Crippen LogP contribution in [0.5, 0.6) is 0 Å². The number of aliphatic imine (C=N–C) groups is 1. The number of halogens is 1. The summed E-state index contributed by atoms with van der Waals surface area (Å²) in [5, 5.41) is 4.47. The van der Waals surface area contributed by atoms with Crippen LogP contribution < -0.4 is 0 Å². The van der Waals surface area contributed by atoms with Gasteiger partial charge in [0, 0.05) is 35.0 Å². The summed E-state index contributed by atoms with van der Waals surface area (Å²) < 4.78 is 15.8. The number of esters is 1. The van der Waals surface area contributed by atoms with E-state index in [4.69, 9.17) is 25.6 Å². The lowest BCUT2D eigenvalue weighted by atomic mass is 9.75. The van der Waals surface area contributed by atoms with Crippen LogP contribution in [0.15, 0.2) is 39.5 Å². The van der Waals surface area contributed by atoms with Crippen molar-refractivity contribution in [3.8, 4) is 0 Å². The molecule has 7 nitrogen and oxygen atoms in total. The molecular weight excluding hydrogens is 382 g/mol. The van der Waals surface area contributed by atoms with Crippen LogP contribution in [0.4, 0.5) is 0 Å². The fraction of sp³-hybridized carbons (Fsp3) is 0.400. The lowest BCUT2D eigenvalue weighted by Gasteiger charge is -2.31. The standard InChI is InChI=1S/C20H22ClN3O4/c1-11-16(19-23-13(3)24-28-19)18(14-6-5-7-15(21)10-14)17(12(2)22-11)20(25)27-9-8-26-4/h5-7,10,17-18H,8-9H2,1-4H3. The highest BCUT2D eigenvalue weighted by Crippen LogP contribution is 2.44. The van der Waals surface area contributed by atoms with E-state index < -0.39 is 11.8 Å². The van der Waals surface area contributed by atoms with Gasteiger partial charge in [-0.3, -0.25) is 9.79 Å². The summed E-state index contributed by atoms with van der Waals surface area (Å²) in [5.74, 6) is -0.589. The molecule has 8 heteroatoms. The molecule has 1 aliphatic heterocycles. The number of benzene rings is 1. The van der Waals surface area contributed by atoms with E-state index >= 15 is 0 Å². The Labute approximate surface area is 168 Å². The van der Waals surface area contributed by atoms with Gasteiger partial charge in [0.05, 0.1) is 6.61 Å². The molecule has 0 N–H and O–H groups in total. The van der Waals surface area contributed by atoms with Gasteiger partial charge in [-0.25, -0.2) is 0 Å². The Kier molecular flexibility index (Phi) is 6.26. The van der Waals surface area contributed by atoms with Crippen LogP contribution in [0.3, 0.4) is 0 Å². The molecule has 0 saturated heterocycles. The van der Waals surface area contributed by atoms with Crippen LogP contribution in [0.25, 0.3) is 5.57 Å². The van der Waals surface area contributed by atoms with Gasteiger partial charge >= 0.3 is 5.97 Å². The summed E-state index contributed by atoms with van der Waals surface area (Å²) >= 11 is 6.23. The van der Waals surface area contributed by atoms with Crippen LogP contribution in [0, 0.1) is 12.8 Å². The van der Waals surface area contributed by atoms with Gasteiger partial charge in [0.2, 0.25) is 0 Å². The van der Waals surface area contributed by atoms with E-state index in [0.29, 0.717) is 40.3 Å². The zero-order valence-electron chi connectivity index (χ0n) is 16.2. The minimum absolute atomic E-state index is 0.166. The Morgan fingerprint density at radius 2 is 2.04 bits per heavy atom. The first-order chi connectivity index (χ1) is 13.4. The maximum absolute atomic E-state index is 13.0. The lowest BCUT2D eigenvalue weighted by molar-refractivity contribution is -0.147. The molecule has 0 amide bonds. The molecule has 0 spiro atoms. The van der Waals surface area contributed by atoms with Crippen LogP contribution in [0.1, 0.15) is 37.0 Å². The highest BCUT2D eigenvalue weighted by atomic mass is 35.5. The first-order valence-electron chi connectivity index (χ1n) is 8.90. The maximum atomic E-state index is 13.0.